The van der Waals surface area contributed by atoms with Gasteiger partial charge in [-0.15, -0.1) is 0 Å². The lowest BCUT2D eigenvalue weighted by atomic mass is 10.5. The highest BCUT2D eigenvalue weighted by atomic mass is 16.7. The SMILES string of the molecule is COc1nc(C)c(OC)o1. The number of rotatable bonds is 2. The monoisotopic (exact) mass is 143 g/mol. The molecular weight excluding hydrogens is 134 g/mol. The quantitative estimate of drug-likeness (QED) is 0.619. The summed E-state index contributed by atoms with van der Waals surface area (Å²) < 4.78 is 14.5. The summed E-state index contributed by atoms with van der Waals surface area (Å²) in [6, 6.07) is 0. The Bertz CT molecular complexity index is 219. The van der Waals surface area contributed by atoms with E-state index < -0.39 is 0 Å². The van der Waals surface area contributed by atoms with Crippen LogP contribution >= 0.6 is 0 Å². The third-order valence-corrected chi connectivity index (χ3v) is 1.09. The lowest BCUT2D eigenvalue weighted by Gasteiger charge is -1.90. The molecule has 0 aromatic carbocycles. The molecule has 0 spiro atoms. The van der Waals surface area contributed by atoms with Gasteiger partial charge in [-0.1, -0.05) is 0 Å². The zero-order valence-corrected chi connectivity index (χ0v) is 6.17. The smallest absolute Gasteiger partial charge is 0.396 e. The summed E-state index contributed by atoms with van der Waals surface area (Å²) in [6.07, 6.45) is 0.231. The van der Waals surface area contributed by atoms with Gasteiger partial charge in [0.05, 0.1) is 14.2 Å². The average molecular weight is 143 g/mol. The van der Waals surface area contributed by atoms with Gasteiger partial charge in [-0.05, 0) is 6.92 Å². The second-order valence-corrected chi connectivity index (χ2v) is 1.76. The van der Waals surface area contributed by atoms with Gasteiger partial charge in [0.1, 0.15) is 5.69 Å². The Morgan fingerprint density at radius 1 is 1.30 bits per heavy atom. The molecule has 0 fully saturated rings. The van der Waals surface area contributed by atoms with Gasteiger partial charge in [-0.25, -0.2) is 0 Å². The van der Waals surface area contributed by atoms with Gasteiger partial charge < -0.3 is 13.9 Å². The number of hydrogen-bond donors (Lipinski definition) is 0. The number of methoxy groups -OCH3 is 2. The third kappa shape index (κ3) is 1.05. The van der Waals surface area contributed by atoms with Gasteiger partial charge in [0, 0.05) is 0 Å². The van der Waals surface area contributed by atoms with Gasteiger partial charge in [-0.2, -0.15) is 4.98 Å². The number of hydrogen-bond acceptors (Lipinski definition) is 4. The Kier molecular flexibility index (Phi) is 1.80. The Hall–Kier alpha value is -1.19. The van der Waals surface area contributed by atoms with Crippen molar-refractivity contribution in [1.29, 1.82) is 0 Å². The summed E-state index contributed by atoms with van der Waals surface area (Å²) in [5.74, 6) is 0.400. The van der Waals surface area contributed by atoms with Crippen molar-refractivity contribution in [3.63, 3.8) is 0 Å². The van der Waals surface area contributed by atoms with Crippen molar-refractivity contribution in [3.05, 3.63) is 5.69 Å². The van der Waals surface area contributed by atoms with Crippen LogP contribution in [0, 0.1) is 6.92 Å². The molecule has 1 heterocycles. The molecule has 0 aliphatic heterocycles. The van der Waals surface area contributed by atoms with E-state index in [4.69, 9.17) is 13.9 Å². The van der Waals surface area contributed by atoms with Crippen molar-refractivity contribution in [3.8, 4) is 12.0 Å². The molecule has 0 aliphatic carbocycles. The van der Waals surface area contributed by atoms with Crippen LogP contribution in [0.5, 0.6) is 12.0 Å². The van der Waals surface area contributed by atoms with Crippen LogP contribution in [0.1, 0.15) is 5.69 Å². The van der Waals surface area contributed by atoms with Gasteiger partial charge in [0.25, 0.3) is 0 Å². The second-order valence-electron chi connectivity index (χ2n) is 1.76. The van der Waals surface area contributed by atoms with Crippen molar-refractivity contribution < 1.29 is 13.9 Å². The first-order valence-corrected chi connectivity index (χ1v) is 2.83. The molecule has 0 radical (unpaired) electrons. The lowest BCUT2D eigenvalue weighted by molar-refractivity contribution is 0.237. The standard InChI is InChI=1S/C6H9NO3/c1-4-5(8-2)10-6(7-4)9-3/h1-3H3. The van der Waals surface area contributed by atoms with Crippen LogP contribution in [-0.4, -0.2) is 19.2 Å². The fraction of sp³-hybridized carbons (Fsp3) is 0.500. The highest BCUT2D eigenvalue weighted by Crippen LogP contribution is 2.22. The Balaban J connectivity index is 2.92. The van der Waals surface area contributed by atoms with Gasteiger partial charge in [-0.3, -0.25) is 0 Å². The lowest BCUT2D eigenvalue weighted by Crippen LogP contribution is -1.81. The van der Waals surface area contributed by atoms with Gasteiger partial charge in [0.15, 0.2) is 0 Å². The van der Waals surface area contributed by atoms with Crippen LogP contribution in [0.3, 0.4) is 0 Å². The minimum Gasteiger partial charge on any atom is -0.467 e. The minimum atomic E-state index is 0.231. The van der Waals surface area contributed by atoms with E-state index in [0.29, 0.717) is 11.6 Å². The minimum absolute atomic E-state index is 0.231. The normalized spacial score (nSPS) is 9.50. The van der Waals surface area contributed by atoms with E-state index in [2.05, 4.69) is 4.98 Å². The number of nitrogens with zero attached hydrogens (tertiary/aromatic N) is 1. The predicted molar refractivity (Wildman–Crippen MR) is 34.3 cm³/mol. The first kappa shape index (κ1) is 6.92. The Morgan fingerprint density at radius 2 is 2.00 bits per heavy atom. The summed E-state index contributed by atoms with van der Waals surface area (Å²) in [5, 5.41) is 0. The summed E-state index contributed by atoms with van der Waals surface area (Å²) >= 11 is 0. The number of oxazole rings is 1. The molecule has 0 atom stereocenters. The van der Waals surface area contributed by atoms with E-state index in [1.165, 1.54) is 14.2 Å². The maximum Gasteiger partial charge on any atom is 0.396 e. The van der Waals surface area contributed by atoms with Crippen molar-refractivity contribution in [2.75, 3.05) is 14.2 Å². The maximum atomic E-state index is 4.96. The first-order chi connectivity index (χ1) is 4.77. The largest absolute Gasteiger partial charge is 0.467 e. The van der Waals surface area contributed by atoms with E-state index in [1.807, 2.05) is 0 Å². The van der Waals surface area contributed by atoms with E-state index >= 15 is 0 Å². The molecule has 0 amide bonds. The molecule has 1 aromatic rings. The highest BCUT2D eigenvalue weighted by molar-refractivity contribution is 5.15. The summed E-state index contributed by atoms with van der Waals surface area (Å²) in [7, 11) is 3.01. The highest BCUT2D eigenvalue weighted by Gasteiger charge is 2.08. The second kappa shape index (κ2) is 2.60. The molecular formula is C6H9NO3. The van der Waals surface area contributed by atoms with E-state index in [9.17, 15) is 0 Å². The molecule has 0 bridgehead atoms. The average Bonchev–Trinajstić information content (AvgIpc) is 2.30. The van der Waals surface area contributed by atoms with Gasteiger partial charge >= 0.3 is 12.0 Å². The zero-order valence-electron chi connectivity index (χ0n) is 6.17. The molecule has 0 saturated heterocycles. The summed E-state index contributed by atoms with van der Waals surface area (Å²) in [5.41, 5.74) is 0.694. The van der Waals surface area contributed by atoms with Crippen LogP contribution in [0.25, 0.3) is 0 Å². The molecule has 56 valence electrons. The molecule has 0 N–H and O–H groups in total. The van der Waals surface area contributed by atoms with Crippen molar-refractivity contribution in [1.82, 2.24) is 4.98 Å². The molecule has 1 rings (SSSR count). The van der Waals surface area contributed by atoms with Crippen LogP contribution < -0.4 is 9.47 Å². The molecule has 10 heavy (non-hydrogen) atoms. The Labute approximate surface area is 58.8 Å². The van der Waals surface area contributed by atoms with Crippen LogP contribution in [0.2, 0.25) is 0 Å². The number of ether oxygens (including phenoxy) is 2. The fourth-order valence-electron chi connectivity index (χ4n) is 0.635. The van der Waals surface area contributed by atoms with Gasteiger partial charge in [0.2, 0.25) is 0 Å². The summed E-state index contributed by atoms with van der Waals surface area (Å²) in [6.45, 7) is 1.78. The molecule has 0 saturated carbocycles. The van der Waals surface area contributed by atoms with Crippen LogP contribution in [0.4, 0.5) is 0 Å². The first-order valence-electron chi connectivity index (χ1n) is 2.83. The maximum absolute atomic E-state index is 4.96. The Morgan fingerprint density at radius 3 is 2.30 bits per heavy atom. The third-order valence-electron chi connectivity index (χ3n) is 1.09. The van der Waals surface area contributed by atoms with Crippen LogP contribution in [0.15, 0.2) is 4.42 Å². The van der Waals surface area contributed by atoms with Crippen molar-refractivity contribution >= 4 is 0 Å². The predicted octanol–water partition coefficient (Wildman–Crippen LogP) is 1.00. The molecule has 1 aromatic heterocycles. The number of aryl methyl sites for hydroxylation is 1. The zero-order chi connectivity index (χ0) is 7.56. The van der Waals surface area contributed by atoms with E-state index in [1.54, 1.807) is 6.92 Å². The fourth-order valence-corrected chi connectivity index (χ4v) is 0.635. The van der Waals surface area contributed by atoms with Crippen LogP contribution in [-0.2, 0) is 0 Å². The van der Waals surface area contributed by atoms with E-state index in [-0.39, 0.29) is 6.08 Å². The molecule has 4 nitrogen and oxygen atoms in total. The summed E-state index contributed by atoms with van der Waals surface area (Å²) in [4.78, 5) is 3.89. The number of aromatic nitrogens is 1. The van der Waals surface area contributed by atoms with E-state index in [0.717, 1.165) is 0 Å². The molecule has 0 unspecified atom stereocenters. The topological polar surface area (TPSA) is 44.5 Å². The molecule has 0 aliphatic rings. The van der Waals surface area contributed by atoms with Crippen molar-refractivity contribution in [2.45, 2.75) is 6.92 Å². The molecule has 4 heteroatoms. The van der Waals surface area contributed by atoms with Crippen molar-refractivity contribution in [2.24, 2.45) is 0 Å².